The van der Waals surface area contributed by atoms with Crippen molar-refractivity contribution < 1.29 is 14.3 Å². The van der Waals surface area contributed by atoms with E-state index in [1.165, 1.54) is 4.90 Å². The third kappa shape index (κ3) is 4.65. The maximum atomic E-state index is 12.7. The number of imide groups is 1. The number of rotatable bonds is 10. The third-order valence-electron chi connectivity index (χ3n) is 6.48. The third-order valence-corrected chi connectivity index (χ3v) is 6.48. The smallest absolute Gasteiger partial charge is 0.233 e. The molecule has 0 spiro atoms. The molecule has 0 aromatic carbocycles. The van der Waals surface area contributed by atoms with Gasteiger partial charge in [0.05, 0.1) is 17.9 Å². The van der Waals surface area contributed by atoms with Crippen molar-refractivity contribution in [3.05, 3.63) is 12.2 Å². The van der Waals surface area contributed by atoms with E-state index in [-0.39, 0.29) is 41.6 Å². The van der Waals surface area contributed by atoms with E-state index in [0.717, 1.165) is 32.0 Å². The molecule has 162 valence electrons. The summed E-state index contributed by atoms with van der Waals surface area (Å²) in [6.07, 6.45) is 7.11. The van der Waals surface area contributed by atoms with Crippen LogP contribution in [0.4, 0.5) is 0 Å². The molecule has 1 aliphatic heterocycles. The van der Waals surface area contributed by atoms with E-state index in [0.29, 0.717) is 25.4 Å². The van der Waals surface area contributed by atoms with Crippen LogP contribution in [-0.2, 0) is 14.3 Å². The molecule has 1 saturated carbocycles. The maximum absolute atomic E-state index is 12.7. The minimum absolute atomic E-state index is 0.0370. The monoisotopic (exact) mass is 404 g/mol. The van der Waals surface area contributed by atoms with Gasteiger partial charge < -0.3 is 15.4 Å². The number of aliphatic imine (C=N–C) groups is 1. The van der Waals surface area contributed by atoms with Crippen LogP contribution >= 0.6 is 0 Å². The highest BCUT2D eigenvalue weighted by Gasteiger charge is 2.58. The Morgan fingerprint density at radius 3 is 2.34 bits per heavy atom. The fraction of sp³-hybridized carbons (Fsp3) is 0.773. The standard InChI is InChI=1S/C22H36N4O3/c1-5-29-17(14(2)3)9-11-25-22(23-4)24-10-6-12-26-20(27)18-15-7-8-16(13-15)19(18)21(26)28/h7-8,14-19H,5-6,9-13H2,1-4H3,(H2,23,24,25). The van der Waals surface area contributed by atoms with Crippen molar-refractivity contribution in [1.82, 2.24) is 15.5 Å². The van der Waals surface area contributed by atoms with Gasteiger partial charge in [0, 0.05) is 33.3 Å². The van der Waals surface area contributed by atoms with Crippen LogP contribution in [0.25, 0.3) is 0 Å². The van der Waals surface area contributed by atoms with E-state index in [1.807, 2.05) is 6.92 Å². The van der Waals surface area contributed by atoms with Crippen LogP contribution in [0.15, 0.2) is 17.1 Å². The number of nitrogens with one attached hydrogen (secondary N) is 2. The predicted molar refractivity (Wildman–Crippen MR) is 113 cm³/mol. The van der Waals surface area contributed by atoms with Crippen LogP contribution in [0.5, 0.6) is 0 Å². The average Bonchev–Trinajstić information content (AvgIpc) is 3.38. The van der Waals surface area contributed by atoms with Crippen molar-refractivity contribution in [2.75, 3.05) is 33.3 Å². The van der Waals surface area contributed by atoms with Gasteiger partial charge in [0.2, 0.25) is 11.8 Å². The summed E-state index contributed by atoms with van der Waals surface area (Å²) in [5.74, 6) is 1.65. The summed E-state index contributed by atoms with van der Waals surface area (Å²) in [6, 6.07) is 0. The first kappa shape index (κ1) is 21.8. The van der Waals surface area contributed by atoms with Gasteiger partial charge in [-0.3, -0.25) is 19.5 Å². The fourth-order valence-electron chi connectivity index (χ4n) is 5.01. The minimum Gasteiger partial charge on any atom is -0.378 e. The molecule has 2 amide bonds. The average molecular weight is 405 g/mol. The van der Waals surface area contributed by atoms with Gasteiger partial charge in [-0.1, -0.05) is 26.0 Å². The van der Waals surface area contributed by atoms with Crippen LogP contribution in [0.2, 0.25) is 0 Å². The van der Waals surface area contributed by atoms with Crippen molar-refractivity contribution in [1.29, 1.82) is 0 Å². The summed E-state index contributed by atoms with van der Waals surface area (Å²) in [5.41, 5.74) is 0. The van der Waals surface area contributed by atoms with Crippen molar-refractivity contribution in [2.24, 2.45) is 34.6 Å². The number of amides is 2. The van der Waals surface area contributed by atoms with Gasteiger partial charge in [-0.2, -0.15) is 0 Å². The molecule has 2 aliphatic carbocycles. The predicted octanol–water partition coefficient (Wildman–Crippen LogP) is 1.80. The Kier molecular flexibility index (Phi) is 7.33. The molecule has 2 N–H and O–H groups in total. The van der Waals surface area contributed by atoms with Crippen molar-refractivity contribution in [3.8, 4) is 0 Å². The molecule has 1 saturated heterocycles. The zero-order chi connectivity index (χ0) is 21.0. The van der Waals surface area contributed by atoms with Crippen LogP contribution in [0, 0.1) is 29.6 Å². The van der Waals surface area contributed by atoms with Crippen LogP contribution < -0.4 is 10.6 Å². The Balaban J connectivity index is 1.36. The Hall–Kier alpha value is -1.89. The summed E-state index contributed by atoms with van der Waals surface area (Å²) in [5, 5.41) is 6.59. The topological polar surface area (TPSA) is 83.0 Å². The number of hydrogen-bond donors (Lipinski definition) is 2. The second kappa shape index (κ2) is 9.74. The van der Waals surface area contributed by atoms with Gasteiger partial charge in [0.1, 0.15) is 0 Å². The van der Waals surface area contributed by atoms with Gasteiger partial charge in [-0.15, -0.1) is 0 Å². The van der Waals surface area contributed by atoms with E-state index in [9.17, 15) is 9.59 Å². The molecule has 0 aromatic heterocycles. The van der Waals surface area contributed by atoms with Gasteiger partial charge in [-0.05, 0) is 43.9 Å². The molecular formula is C22H36N4O3. The highest BCUT2D eigenvalue weighted by molar-refractivity contribution is 6.06. The quantitative estimate of drug-likeness (QED) is 0.191. The lowest BCUT2D eigenvalue weighted by Crippen LogP contribution is -2.41. The van der Waals surface area contributed by atoms with Gasteiger partial charge >= 0.3 is 0 Å². The zero-order valence-corrected chi connectivity index (χ0v) is 18.2. The zero-order valence-electron chi connectivity index (χ0n) is 18.2. The number of carbonyl (C=O) groups excluding carboxylic acids is 2. The first-order valence-electron chi connectivity index (χ1n) is 11.1. The molecule has 7 heteroatoms. The van der Waals surface area contributed by atoms with Crippen LogP contribution in [-0.4, -0.2) is 62.1 Å². The largest absolute Gasteiger partial charge is 0.378 e. The number of hydrogen-bond acceptors (Lipinski definition) is 4. The Morgan fingerprint density at radius 2 is 1.79 bits per heavy atom. The van der Waals surface area contributed by atoms with Gasteiger partial charge in [0.25, 0.3) is 0 Å². The molecule has 7 nitrogen and oxygen atoms in total. The molecule has 0 radical (unpaired) electrons. The molecule has 3 rings (SSSR count). The molecule has 2 fully saturated rings. The number of carbonyl (C=O) groups is 2. The van der Waals surface area contributed by atoms with E-state index in [1.54, 1.807) is 7.05 Å². The van der Waals surface area contributed by atoms with Gasteiger partial charge in [0.15, 0.2) is 5.96 Å². The Labute approximate surface area is 174 Å². The lowest BCUT2D eigenvalue weighted by molar-refractivity contribution is -0.140. The normalized spacial score (nSPS) is 29.1. The molecule has 5 atom stereocenters. The summed E-state index contributed by atoms with van der Waals surface area (Å²) < 4.78 is 5.77. The second-order valence-electron chi connectivity index (χ2n) is 8.63. The van der Waals surface area contributed by atoms with Crippen molar-refractivity contribution >= 4 is 17.8 Å². The Bertz CT molecular complexity index is 630. The van der Waals surface area contributed by atoms with E-state index < -0.39 is 0 Å². The van der Waals surface area contributed by atoms with Crippen molar-refractivity contribution in [3.63, 3.8) is 0 Å². The molecule has 1 heterocycles. The van der Waals surface area contributed by atoms with Crippen molar-refractivity contribution in [2.45, 2.75) is 46.1 Å². The highest BCUT2D eigenvalue weighted by atomic mass is 16.5. The minimum atomic E-state index is -0.0980. The summed E-state index contributed by atoms with van der Waals surface area (Å²) in [4.78, 5) is 31.1. The number of fused-ring (bicyclic) bond motifs is 5. The lowest BCUT2D eigenvalue weighted by atomic mass is 9.85. The molecule has 0 aromatic rings. The molecule has 3 aliphatic rings. The van der Waals surface area contributed by atoms with E-state index in [4.69, 9.17) is 4.74 Å². The number of guanidine groups is 1. The molecule has 29 heavy (non-hydrogen) atoms. The van der Waals surface area contributed by atoms with Crippen LogP contribution in [0.1, 0.15) is 40.0 Å². The summed E-state index contributed by atoms with van der Waals surface area (Å²) in [6.45, 7) is 9.01. The first-order chi connectivity index (χ1) is 14.0. The summed E-state index contributed by atoms with van der Waals surface area (Å²) >= 11 is 0. The number of allylic oxidation sites excluding steroid dienone is 2. The maximum Gasteiger partial charge on any atom is 0.233 e. The molecular weight excluding hydrogens is 368 g/mol. The number of nitrogens with zero attached hydrogens (tertiary/aromatic N) is 2. The van der Waals surface area contributed by atoms with Gasteiger partial charge in [-0.25, -0.2) is 0 Å². The second-order valence-corrected chi connectivity index (χ2v) is 8.63. The SMILES string of the molecule is CCOC(CCNC(=NC)NCCCN1C(=O)C2C3C=CC(C3)C2C1=O)C(C)C. The molecule has 5 unspecified atom stereocenters. The van der Waals surface area contributed by atoms with E-state index >= 15 is 0 Å². The highest BCUT2D eigenvalue weighted by Crippen LogP contribution is 2.52. The number of ether oxygens (including phenoxy) is 1. The molecule has 2 bridgehead atoms. The lowest BCUT2D eigenvalue weighted by Gasteiger charge is -2.21. The van der Waals surface area contributed by atoms with Crippen LogP contribution in [0.3, 0.4) is 0 Å². The summed E-state index contributed by atoms with van der Waals surface area (Å²) in [7, 11) is 1.75. The number of likely N-dealkylation sites (tertiary alicyclic amines) is 1. The van der Waals surface area contributed by atoms with E-state index in [2.05, 4.69) is 41.6 Å². The first-order valence-corrected chi connectivity index (χ1v) is 11.1. The Morgan fingerprint density at radius 1 is 1.17 bits per heavy atom. The fourth-order valence-corrected chi connectivity index (χ4v) is 5.01.